The van der Waals surface area contributed by atoms with Gasteiger partial charge in [-0.3, -0.25) is 4.99 Å². The first-order valence-corrected chi connectivity index (χ1v) is 7.93. The molecule has 0 bridgehead atoms. The second kappa shape index (κ2) is 7.14. The van der Waals surface area contributed by atoms with Gasteiger partial charge in [0.2, 0.25) is 0 Å². The van der Waals surface area contributed by atoms with Gasteiger partial charge in [0.05, 0.1) is 12.1 Å². The van der Waals surface area contributed by atoms with E-state index >= 15 is 0 Å². The van der Waals surface area contributed by atoms with Crippen LogP contribution in [0, 0.1) is 25.2 Å². The van der Waals surface area contributed by atoms with Gasteiger partial charge in [-0.05, 0) is 25.8 Å². The zero-order valence-corrected chi connectivity index (χ0v) is 13.4. The summed E-state index contributed by atoms with van der Waals surface area (Å²) >= 11 is 1.51. The summed E-state index contributed by atoms with van der Waals surface area (Å²) in [6, 6.07) is 10.8. The molecule has 0 fully saturated rings. The Morgan fingerprint density at radius 2 is 2.05 bits per heavy atom. The van der Waals surface area contributed by atoms with Crippen LogP contribution in [0.5, 0.6) is 0 Å². The summed E-state index contributed by atoms with van der Waals surface area (Å²) < 4.78 is 0. The van der Waals surface area contributed by atoms with Crippen LogP contribution in [0.4, 0.5) is 0 Å². The molecule has 1 heterocycles. The lowest BCUT2D eigenvalue weighted by Gasteiger charge is -2.11. The van der Waals surface area contributed by atoms with Crippen molar-refractivity contribution < 1.29 is 0 Å². The molecule has 0 spiro atoms. The molecule has 0 aliphatic heterocycles. The van der Waals surface area contributed by atoms with Crippen LogP contribution in [-0.2, 0) is 0 Å². The molecule has 3 nitrogen and oxygen atoms in total. The van der Waals surface area contributed by atoms with Crippen molar-refractivity contribution in [2.75, 3.05) is 0 Å². The number of rotatable bonds is 5. The largest absolute Gasteiger partial charge is 0.288 e. The molecule has 0 saturated heterocycles. The lowest BCUT2D eigenvalue weighted by atomic mass is 10.0. The smallest absolute Gasteiger partial charge is 0.133 e. The van der Waals surface area contributed by atoms with E-state index < -0.39 is 0 Å². The average molecular weight is 297 g/mol. The Hall–Kier alpha value is -1.99. The highest BCUT2D eigenvalue weighted by molar-refractivity contribution is 7.09. The van der Waals surface area contributed by atoms with Gasteiger partial charge in [-0.15, -0.1) is 11.3 Å². The molecular weight excluding hydrogens is 278 g/mol. The van der Waals surface area contributed by atoms with Gasteiger partial charge in [0.1, 0.15) is 10.9 Å². The monoisotopic (exact) mass is 297 g/mol. The summed E-state index contributed by atoms with van der Waals surface area (Å²) in [4.78, 5) is 8.99. The second-order valence-corrected chi connectivity index (χ2v) is 5.96. The van der Waals surface area contributed by atoms with E-state index in [1.165, 1.54) is 22.5 Å². The number of aryl methyl sites for hydroxylation is 2. The molecule has 0 N–H and O–H groups in total. The number of aliphatic imine (C=N–C) groups is 1. The third kappa shape index (κ3) is 3.99. The first kappa shape index (κ1) is 15.4. The van der Waals surface area contributed by atoms with Crippen LogP contribution in [0.2, 0.25) is 0 Å². The fourth-order valence-electron chi connectivity index (χ4n) is 2.07. The number of benzene rings is 1. The predicted octanol–water partition coefficient (Wildman–Crippen LogP) is 4.59. The van der Waals surface area contributed by atoms with Crippen LogP contribution in [0.3, 0.4) is 0 Å². The van der Waals surface area contributed by atoms with Gasteiger partial charge < -0.3 is 0 Å². The van der Waals surface area contributed by atoms with Crippen molar-refractivity contribution in [2.45, 2.75) is 39.2 Å². The summed E-state index contributed by atoms with van der Waals surface area (Å²) in [7, 11) is 0. The molecular formula is C17H19N3S. The minimum Gasteiger partial charge on any atom is -0.288 e. The van der Waals surface area contributed by atoms with E-state index in [-0.39, 0.29) is 12.0 Å². The number of nitrogens with zero attached hydrogens (tertiary/aromatic N) is 3. The average Bonchev–Trinajstić information content (AvgIpc) is 2.91. The van der Waals surface area contributed by atoms with Crippen molar-refractivity contribution in [3.8, 4) is 6.07 Å². The predicted molar refractivity (Wildman–Crippen MR) is 87.9 cm³/mol. The second-order valence-electron chi connectivity index (χ2n) is 5.07. The molecule has 2 atom stereocenters. The Morgan fingerprint density at radius 1 is 1.33 bits per heavy atom. The van der Waals surface area contributed by atoms with Crippen LogP contribution >= 0.6 is 11.3 Å². The summed E-state index contributed by atoms with van der Waals surface area (Å²) in [5, 5.41) is 12.1. The normalized spacial score (nSPS) is 14.0. The molecule has 0 amide bonds. The molecule has 2 rings (SSSR count). The zero-order chi connectivity index (χ0) is 15.2. The lowest BCUT2D eigenvalue weighted by molar-refractivity contribution is 0.701. The van der Waals surface area contributed by atoms with Gasteiger partial charge in [0.25, 0.3) is 0 Å². The molecule has 0 aliphatic carbocycles. The highest BCUT2D eigenvalue weighted by Gasteiger charge is 2.13. The van der Waals surface area contributed by atoms with Crippen molar-refractivity contribution in [3.05, 3.63) is 51.5 Å². The topological polar surface area (TPSA) is 49.0 Å². The maximum Gasteiger partial charge on any atom is 0.133 e. The van der Waals surface area contributed by atoms with Gasteiger partial charge in [-0.2, -0.15) is 5.26 Å². The van der Waals surface area contributed by atoms with E-state index in [1.807, 2.05) is 12.3 Å². The summed E-state index contributed by atoms with van der Waals surface area (Å²) in [5.41, 5.74) is 3.38. The van der Waals surface area contributed by atoms with Gasteiger partial charge in [-0.25, -0.2) is 4.98 Å². The van der Waals surface area contributed by atoms with Gasteiger partial charge in [0.15, 0.2) is 0 Å². The zero-order valence-electron chi connectivity index (χ0n) is 12.6. The third-order valence-corrected chi connectivity index (χ3v) is 4.35. The van der Waals surface area contributed by atoms with Gasteiger partial charge >= 0.3 is 0 Å². The van der Waals surface area contributed by atoms with Crippen LogP contribution in [0.15, 0.2) is 34.6 Å². The van der Waals surface area contributed by atoms with Crippen molar-refractivity contribution >= 4 is 17.6 Å². The van der Waals surface area contributed by atoms with Crippen molar-refractivity contribution in [1.29, 1.82) is 5.26 Å². The van der Waals surface area contributed by atoms with E-state index in [9.17, 15) is 5.26 Å². The molecule has 1 unspecified atom stereocenters. The van der Waals surface area contributed by atoms with Gasteiger partial charge in [0, 0.05) is 17.3 Å². The van der Waals surface area contributed by atoms with E-state index in [2.05, 4.69) is 54.2 Å². The van der Waals surface area contributed by atoms with Crippen LogP contribution in [0.1, 0.15) is 47.1 Å². The van der Waals surface area contributed by atoms with E-state index in [4.69, 9.17) is 0 Å². The molecule has 4 heteroatoms. The summed E-state index contributed by atoms with van der Waals surface area (Å²) in [5.74, 6) is -0.358. The Kier molecular flexibility index (Phi) is 5.24. The Labute approximate surface area is 130 Å². The van der Waals surface area contributed by atoms with E-state index in [0.717, 1.165) is 17.1 Å². The third-order valence-electron chi connectivity index (χ3n) is 3.31. The molecule has 1 aromatic carbocycles. The standard InChI is InChI=1S/C17H19N3S/c1-4-16(14-7-5-12(2)6-8-14)19-10-15(9-18)17-20-13(3)11-21-17/h5-8,10-11,15-16H,4H2,1-3H3/t15?,16-/m1/s1. The van der Waals surface area contributed by atoms with Crippen LogP contribution in [-0.4, -0.2) is 11.2 Å². The molecule has 1 aromatic heterocycles. The molecule has 0 saturated carbocycles. The maximum atomic E-state index is 9.31. The van der Waals surface area contributed by atoms with E-state index in [0.29, 0.717) is 0 Å². The van der Waals surface area contributed by atoms with Gasteiger partial charge in [-0.1, -0.05) is 36.8 Å². The van der Waals surface area contributed by atoms with Crippen molar-refractivity contribution in [3.63, 3.8) is 0 Å². The lowest BCUT2D eigenvalue weighted by Crippen LogP contribution is -2.00. The molecule has 0 aliphatic rings. The molecule has 108 valence electrons. The first-order chi connectivity index (χ1) is 10.1. The fourth-order valence-corrected chi connectivity index (χ4v) is 2.87. The molecule has 2 aromatic rings. The highest BCUT2D eigenvalue weighted by Crippen LogP contribution is 2.23. The number of hydrogen-bond acceptors (Lipinski definition) is 4. The quantitative estimate of drug-likeness (QED) is 0.758. The maximum absolute atomic E-state index is 9.31. The number of aromatic nitrogens is 1. The number of thiazole rings is 1. The highest BCUT2D eigenvalue weighted by atomic mass is 32.1. The summed E-state index contributed by atoms with van der Waals surface area (Å²) in [6.07, 6.45) is 2.65. The molecule has 0 radical (unpaired) electrons. The first-order valence-electron chi connectivity index (χ1n) is 7.05. The van der Waals surface area contributed by atoms with Crippen LogP contribution in [0.25, 0.3) is 0 Å². The van der Waals surface area contributed by atoms with Crippen molar-refractivity contribution in [2.24, 2.45) is 4.99 Å². The van der Waals surface area contributed by atoms with E-state index in [1.54, 1.807) is 6.21 Å². The fraction of sp³-hybridized carbons (Fsp3) is 0.353. The van der Waals surface area contributed by atoms with Crippen LogP contribution < -0.4 is 0 Å². The minimum atomic E-state index is -0.358. The number of nitriles is 1. The SMILES string of the molecule is CC[C@@H](N=CC(C#N)c1nc(C)cs1)c1ccc(C)cc1. The Morgan fingerprint density at radius 3 is 2.57 bits per heavy atom. The summed E-state index contributed by atoms with van der Waals surface area (Å²) in [6.45, 7) is 6.12. The Balaban J connectivity index is 2.16. The van der Waals surface area contributed by atoms with Crippen molar-refractivity contribution in [1.82, 2.24) is 4.98 Å². The minimum absolute atomic E-state index is 0.0995. The number of hydrogen-bond donors (Lipinski definition) is 0. The molecule has 21 heavy (non-hydrogen) atoms. The Bertz CT molecular complexity index is 649.